The van der Waals surface area contributed by atoms with E-state index in [2.05, 4.69) is 27.3 Å². The molecule has 20 heavy (non-hydrogen) atoms. The van der Waals surface area contributed by atoms with Crippen molar-refractivity contribution in [1.29, 1.82) is 10.5 Å². The van der Waals surface area contributed by atoms with Crippen LogP contribution in [0.15, 0.2) is 10.2 Å². The van der Waals surface area contributed by atoms with Crippen LogP contribution in [0.2, 0.25) is 0 Å². The summed E-state index contributed by atoms with van der Waals surface area (Å²) in [7, 11) is 0. The van der Waals surface area contributed by atoms with E-state index in [9.17, 15) is 0 Å². The first-order valence-corrected chi connectivity index (χ1v) is 6.60. The average molecular weight is 282 g/mol. The van der Waals surface area contributed by atoms with Crippen molar-refractivity contribution in [3.8, 4) is 12.1 Å². The first kappa shape index (κ1) is 20.8. The standard InChI is InChI=1S/C10H16N4.C4H10O2/c1-7(2)9(5-11)13-14-10(6-12)8(3)4;1-4(2,3)6-5/h7-10H,1-4H3;5H,1-3H3/b14-13+;. The molecule has 0 rings (SSSR count). The fourth-order valence-corrected chi connectivity index (χ4v) is 0.760. The van der Waals surface area contributed by atoms with Gasteiger partial charge in [-0.15, -0.1) is 0 Å². The monoisotopic (exact) mass is 282 g/mol. The van der Waals surface area contributed by atoms with Crippen LogP contribution in [0, 0.1) is 34.5 Å². The SMILES string of the molecule is CC(C)(C)OO.CC(C)C(C#N)/N=N/C(C#N)C(C)C. The van der Waals surface area contributed by atoms with Crippen LogP contribution in [-0.2, 0) is 4.89 Å². The molecule has 0 heterocycles. The molecule has 0 radical (unpaired) electrons. The summed E-state index contributed by atoms with van der Waals surface area (Å²) in [5.74, 6) is 0.269. The number of azo groups is 1. The quantitative estimate of drug-likeness (QED) is 0.481. The average Bonchev–Trinajstić information content (AvgIpc) is 2.33. The van der Waals surface area contributed by atoms with Gasteiger partial charge < -0.3 is 0 Å². The van der Waals surface area contributed by atoms with Crippen molar-refractivity contribution in [2.24, 2.45) is 22.1 Å². The number of hydrogen-bond acceptors (Lipinski definition) is 6. The predicted molar refractivity (Wildman–Crippen MR) is 76.8 cm³/mol. The largest absolute Gasteiger partial charge is 0.251 e. The maximum Gasteiger partial charge on any atom is 0.159 e. The van der Waals surface area contributed by atoms with E-state index in [1.807, 2.05) is 27.7 Å². The highest BCUT2D eigenvalue weighted by atomic mass is 17.1. The van der Waals surface area contributed by atoms with E-state index in [1.54, 1.807) is 20.8 Å². The molecule has 6 heteroatoms. The van der Waals surface area contributed by atoms with Gasteiger partial charge in [0.1, 0.15) is 0 Å². The molecule has 0 amide bonds. The molecule has 0 spiro atoms. The lowest BCUT2D eigenvalue weighted by Gasteiger charge is -2.10. The summed E-state index contributed by atoms with van der Waals surface area (Å²) in [5.41, 5.74) is -0.403. The molecule has 0 saturated carbocycles. The van der Waals surface area contributed by atoms with Crippen molar-refractivity contribution in [2.45, 2.75) is 66.2 Å². The van der Waals surface area contributed by atoms with Gasteiger partial charge in [0, 0.05) is 0 Å². The molecule has 0 saturated heterocycles. The molecule has 6 nitrogen and oxygen atoms in total. The van der Waals surface area contributed by atoms with Crippen LogP contribution in [0.3, 0.4) is 0 Å². The van der Waals surface area contributed by atoms with Crippen molar-refractivity contribution in [1.82, 2.24) is 0 Å². The highest BCUT2D eigenvalue weighted by Crippen LogP contribution is 2.10. The minimum Gasteiger partial charge on any atom is -0.251 e. The van der Waals surface area contributed by atoms with Crippen LogP contribution >= 0.6 is 0 Å². The Balaban J connectivity index is 0. The fourth-order valence-electron chi connectivity index (χ4n) is 0.760. The molecule has 0 aliphatic heterocycles. The van der Waals surface area contributed by atoms with E-state index in [0.717, 1.165) is 0 Å². The molecule has 0 aromatic heterocycles. The van der Waals surface area contributed by atoms with Gasteiger partial charge >= 0.3 is 0 Å². The normalized spacial score (nSPS) is 14.4. The Labute approximate surface area is 122 Å². The molecule has 0 aliphatic carbocycles. The summed E-state index contributed by atoms with van der Waals surface area (Å²) >= 11 is 0. The van der Waals surface area contributed by atoms with Crippen molar-refractivity contribution >= 4 is 0 Å². The van der Waals surface area contributed by atoms with Gasteiger partial charge in [0.05, 0.1) is 17.7 Å². The molecular weight excluding hydrogens is 256 g/mol. The van der Waals surface area contributed by atoms with Crippen molar-refractivity contribution < 1.29 is 10.1 Å². The fraction of sp³-hybridized carbons (Fsp3) is 0.857. The predicted octanol–water partition coefficient (Wildman–Crippen LogP) is 3.81. The Morgan fingerprint density at radius 1 is 0.900 bits per heavy atom. The lowest BCUT2D eigenvalue weighted by molar-refractivity contribution is -0.306. The topological polar surface area (TPSA) is 102 Å². The van der Waals surface area contributed by atoms with Gasteiger partial charge in [0.25, 0.3) is 0 Å². The van der Waals surface area contributed by atoms with Crippen molar-refractivity contribution in [2.75, 3.05) is 0 Å². The van der Waals surface area contributed by atoms with Crippen LogP contribution in [0.5, 0.6) is 0 Å². The number of rotatable bonds is 4. The smallest absolute Gasteiger partial charge is 0.159 e. The van der Waals surface area contributed by atoms with Gasteiger partial charge in [-0.25, -0.2) is 4.89 Å². The van der Waals surface area contributed by atoms with E-state index in [0.29, 0.717) is 0 Å². The van der Waals surface area contributed by atoms with Crippen molar-refractivity contribution in [3.63, 3.8) is 0 Å². The molecule has 0 fully saturated rings. The third-order valence-electron chi connectivity index (χ3n) is 2.12. The van der Waals surface area contributed by atoms with Crippen LogP contribution < -0.4 is 0 Å². The second-order valence-corrected chi connectivity index (χ2v) is 6.07. The minimum atomic E-state index is -0.440. The van der Waals surface area contributed by atoms with Crippen molar-refractivity contribution in [3.05, 3.63) is 0 Å². The molecule has 2 atom stereocenters. The zero-order valence-electron chi connectivity index (χ0n) is 13.5. The lowest BCUT2D eigenvalue weighted by atomic mass is 10.1. The molecule has 0 aromatic carbocycles. The molecular formula is C14H26N4O2. The number of hydrogen-bond donors (Lipinski definition) is 1. The molecule has 2 unspecified atom stereocenters. The van der Waals surface area contributed by atoms with Crippen LogP contribution in [0.1, 0.15) is 48.5 Å². The Bertz CT molecular complexity index is 331. The molecule has 0 aromatic rings. The zero-order valence-corrected chi connectivity index (χ0v) is 13.5. The van der Waals surface area contributed by atoms with E-state index in [4.69, 9.17) is 15.8 Å². The Morgan fingerprint density at radius 2 is 1.15 bits per heavy atom. The molecule has 1 N–H and O–H groups in total. The second-order valence-electron chi connectivity index (χ2n) is 6.07. The zero-order chi connectivity index (χ0) is 16.3. The van der Waals surface area contributed by atoms with Gasteiger partial charge in [-0.05, 0) is 32.6 Å². The summed E-state index contributed by atoms with van der Waals surface area (Å²) in [6, 6.07) is 3.22. The van der Waals surface area contributed by atoms with Gasteiger partial charge in [-0.2, -0.15) is 20.8 Å². The van der Waals surface area contributed by atoms with E-state index >= 15 is 0 Å². The van der Waals surface area contributed by atoms with E-state index in [1.165, 1.54) is 0 Å². The first-order chi connectivity index (χ1) is 9.08. The van der Waals surface area contributed by atoms with Crippen LogP contribution in [-0.4, -0.2) is 22.9 Å². The molecule has 0 bridgehead atoms. The summed E-state index contributed by atoms with van der Waals surface area (Å²) in [6.45, 7) is 12.9. The van der Waals surface area contributed by atoms with Gasteiger partial charge in [0.2, 0.25) is 0 Å². The highest BCUT2D eigenvalue weighted by Gasteiger charge is 2.14. The van der Waals surface area contributed by atoms with Crippen LogP contribution in [0.4, 0.5) is 0 Å². The highest BCUT2D eigenvalue weighted by molar-refractivity contribution is 4.94. The lowest BCUT2D eigenvalue weighted by Crippen LogP contribution is -2.15. The third-order valence-corrected chi connectivity index (χ3v) is 2.12. The summed E-state index contributed by atoms with van der Waals surface area (Å²) in [5, 5.41) is 33.1. The van der Waals surface area contributed by atoms with Gasteiger partial charge in [0.15, 0.2) is 12.1 Å². The Morgan fingerprint density at radius 3 is 1.25 bits per heavy atom. The number of nitriles is 2. The number of nitrogens with zero attached hydrogens (tertiary/aromatic N) is 4. The summed E-state index contributed by atoms with van der Waals surface area (Å²) < 4.78 is 0. The summed E-state index contributed by atoms with van der Waals surface area (Å²) in [4.78, 5) is 3.94. The van der Waals surface area contributed by atoms with E-state index < -0.39 is 17.7 Å². The maximum atomic E-state index is 8.73. The van der Waals surface area contributed by atoms with Gasteiger partial charge in [-0.3, -0.25) is 5.26 Å². The van der Waals surface area contributed by atoms with Crippen LogP contribution in [0.25, 0.3) is 0 Å². The Kier molecular flexibility index (Phi) is 10.7. The Hall–Kier alpha value is -1.50. The summed E-state index contributed by atoms with van der Waals surface area (Å²) in [6.07, 6.45) is 0. The second kappa shape index (κ2) is 10.3. The van der Waals surface area contributed by atoms with E-state index in [-0.39, 0.29) is 11.8 Å². The first-order valence-electron chi connectivity index (χ1n) is 6.60. The molecule has 114 valence electrons. The third kappa shape index (κ3) is 11.6. The minimum absolute atomic E-state index is 0.134. The maximum absolute atomic E-state index is 8.73. The van der Waals surface area contributed by atoms with Gasteiger partial charge in [-0.1, -0.05) is 27.7 Å². The molecule has 0 aliphatic rings.